The first-order valence-corrected chi connectivity index (χ1v) is 5.12. The maximum absolute atomic E-state index is 13.3. The van der Waals surface area contributed by atoms with Crippen LogP contribution in [0.5, 0.6) is 0 Å². The second-order valence-corrected chi connectivity index (χ2v) is 4.81. The molecular weight excluding hydrogens is 186 g/mol. The highest BCUT2D eigenvalue weighted by Crippen LogP contribution is 2.58. The van der Waals surface area contributed by atoms with Gasteiger partial charge in [-0.3, -0.25) is 0 Å². The minimum atomic E-state index is -2.68. The molecular formula is C11H16F2O. The molecule has 80 valence electrons. The smallest absolute Gasteiger partial charge is 0.268 e. The molecule has 1 saturated carbocycles. The molecule has 3 heteroatoms. The third-order valence-electron chi connectivity index (χ3n) is 3.38. The molecule has 1 aliphatic heterocycles. The monoisotopic (exact) mass is 202 g/mol. The van der Waals surface area contributed by atoms with Crippen LogP contribution in [-0.4, -0.2) is 19.1 Å². The quantitative estimate of drug-likeness (QED) is 0.639. The molecule has 14 heavy (non-hydrogen) atoms. The molecule has 1 nitrogen and oxygen atoms in total. The number of hydrogen-bond donors (Lipinski definition) is 0. The highest BCUT2D eigenvalue weighted by atomic mass is 19.3. The summed E-state index contributed by atoms with van der Waals surface area (Å²) in [6.07, 6.45) is 3.79. The molecule has 2 unspecified atom stereocenters. The van der Waals surface area contributed by atoms with Gasteiger partial charge in [0.1, 0.15) is 0 Å². The van der Waals surface area contributed by atoms with E-state index in [2.05, 4.69) is 0 Å². The van der Waals surface area contributed by atoms with E-state index in [-0.39, 0.29) is 5.41 Å². The van der Waals surface area contributed by atoms with Gasteiger partial charge in [0.2, 0.25) is 0 Å². The summed E-state index contributed by atoms with van der Waals surface area (Å²) >= 11 is 0. The molecule has 0 aromatic heterocycles. The van der Waals surface area contributed by atoms with Gasteiger partial charge in [-0.25, -0.2) is 8.78 Å². The minimum absolute atomic E-state index is 0.0294. The van der Waals surface area contributed by atoms with Crippen molar-refractivity contribution in [3.05, 3.63) is 12.2 Å². The second kappa shape index (κ2) is 3.02. The Labute approximate surface area is 83.1 Å². The van der Waals surface area contributed by atoms with Crippen molar-refractivity contribution in [2.75, 3.05) is 13.2 Å². The lowest BCUT2D eigenvalue weighted by Crippen LogP contribution is -2.21. The summed E-state index contributed by atoms with van der Waals surface area (Å²) in [4.78, 5) is 0. The zero-order chi connectivity index (χ0) is 10.4. The Kier molecular flexibility index (Phi) is 2.18. The Hall–Kier alpha value is -0.440. The predicted octanol–water partition coefficient (Wildman–Crippen LogP) is 2.87. The van der Waals surface area contributed by atoms with Crippen molar-refractivity contribution in [3.8, 4) is 0 Å². The fourth-order valence-electron chi connectivity index (χ4n) is 1.91. The molecule has 1 heterocycles. The van der Waals surface area contributed by atoms with E-state index < -0.39 is 11.8 Å². The van der Waals surface area contributed by atoms with E-state index in [0.29, 0.717) is 12.5 Å². The van der Waals surface area contributed by atoms with Crippen LogP contribution in [0.4, 0.5) is 8.78 Å². The molecule has 2 rings (SSSR count). The summed E-state index contributed by atoms with van der Waals surface area (Å²) in [6, 6.07) is 0. The average Bonchev–Trinajstić information content (AvgIpc) is 2.66. The van der Waals surface area contributed by atoms with Crippen LogP contribution in [0.25, 0.3) is 0 Å². The van der Waals surface area contributed by atoms with E-state index in [1.54, 1.807) is 6.08 Å². The van der Waals surface area contributed by atoms with Crippen molar-refractivity contribution in [2.45, 2.75) is 26.2 Å². The van der Waals surface area contributed by atoms with Gasteiger partial charge in [0, 0.05) is 11.3 Å². The molecule has 1 saturated heterocycles. The SMILES string of the molecule is CC(C)C(F)(F)/C=C/C12COCC1C2. The van der Waals surface area contributed by atoms with Crippen molar-refractivity contribution in [1.29, 1.82) is 0 Å². The number of rotatable bonds is 3. The molecule has 0 N–H and O–H groups in total. The maximum Gasteiger partial charge on any atom is 0.268 e. The predicted molar refractivity (Wildman–Crippen MR) is 50.3 cm³/mol. The molecule has 2 fully saturated rings. The van der Waals surface area contributed by atoms with Gasteiger partial charge in [-0.05, 0) is 18.4 Å². The number of allylic oxidation sites excluding steroid dienone is 1. The van der Waals surface area contributed by atoms with Gasteiger partial charge in [0.25, 0.3) is 5.92 Å². The van der Waals surface area contributed by atoms with E-state index in [1.807, 2.05) is 0 Å². The van der Waals surface area contributed by atoms with Crippen molar-refractivity contribution in [3.63, 3.8) is 0 Å². The molecule has 0 spiro atoms. The van der Waals surface area contributed by atoms with Crippen molar-refractivity contribution >= 4 is 0 Å². The Balaban J connectivity index is 2.00. The van der Waals surface area contributed by atoms with Gasteiger partial charge in [-0.15, -0.1) is 0 Å². The lowest BCUT2D eigenvalue weighted by atomic mass is 10.0. The number of hydrogen-bond acceptors (Lipinski definition) is 1. The van der Waals surface area contributed by atoms with E-state index in [1.165, 1.54) is 13.8 Å². The van der Waals surface area contributed by atoms with E-state index in [0.717, 1.165) is 19.1 Å². The zero-order valence-electron chi connectivity index (χ0n) is 8.59. The van der Waals surface area contributed by atoms with Gasteiger partial charge in [-0.1, -0.05) is 19.9 Å². The Morgan fingerprint density at radius 1 is 1.50 bits per heavy atom. The van der Waals surface area contributed by atoms with Gasteiger partial charge >= 0.3 is 0 Å². The van der Waals surface area contributed by atoms with Crippen LogP contribution in [0.1, 0.15) is 20.3 Å². The summed E-state index contributed by atoms with van der Waals surface area (Å²) in [7, 11) is 0. The molecule has 0 aromatic carbocycles. The number of ether oxygens (including phenoxy) is 1. The number of halogens is 2. The Bertz CT molecular complexity index is 254. The summed E-state index contributed by atoms with van der Waals surface area (Å²) < 4.78 is 31.8. The minimum Gasteiger partial charge on any atom is -0.380 e. The zero-order valence-corrected chi connectivity index (χ0v) is 8.59. The number of fused-ring (bicyclic) bond motifs is 1. The molecule has 2 aliphatic rings. The van der Waals surface area contributed by atoms with Crippen LogP contribution in [0.3, 0.4) is 0 Å². The standard InChI is InChI=1S/C11H16F2O/c1-8(2)11(12,13)4-3-10-5-9(10)6-14-7-10/h3-4,8-9H,5-7H2,1-2H3/b4-3+. The van der Waals surface area contributed by atoms with Crippen molar-refractivity contribution in [1.82, 2.24) is 0 Å². The fourth-order valence-corrected chi connectivity index (χ4v) is 1.91. The summed E-state index contributed by atoms with van der Waals surface area (Å²) in [5.74, 6) is -2.80. The third-order valence-corrected chi connectivity index (χ3v) is 3.38. The summed E-state index contributed by atoms with van der Waals surface area (Å²) in [6.45, 7) is 4.45. The normalized spacial score (nSPS) is 36.8. The lowest BCUT2D eigenvalue weighted by molar-refractivity contribution is 0.00551. The summed E-state index contributed by atoms with van der Waals surface area (Å²) in [5, 5.41) is 0. The second-order valence-electron chi connectivity index (χ2n) is 4.81. The fraction of sp³-hybridized carbons (Fsp3) is 0.818. The third kappa shape index (κ3) is 1.58. The molecule has 0 bridgehead atoms. The molecule has 0 amide bonds. The molecule has 0 aromatic rings. The van der Waals surface area contributed by atoms with Crippen LogP contribution in [0.2, 0.25) is 0 Å². The van der Waals surface area contributed by atoms with Crippen LogP contribution in [-0.2, 0) is 4.74 Å². The first kappa shape index (κ1) is 10.1. The van der Waals surface area contributed by atoms with Gasteiger partial charge in [-0.2, -0.15) is 0 Å². The largest absolute Gasteiger partial charge is 0.380 e. The first-order chi connectivity index (χ1) is 6.46. The van der Waals surface area contributed by atoms with Crippen LogP contribution >= 0.6 is 0 Å². The highest BCUT2D eigenvalue weighted by molar-refractivity contribution is 5.19. The van der Waals surface area contributed by atoms with E-state index in [4.69, 9.17) is 4.74 Å². The topological polar surface area (TPSA) is 9.23 Å². The van der Waals surface area contributed by atoms with E-state index >= 15 is 0 Å². The van der Waals surface area contributed by atoms with Crippen molar-refractivity contribution < 1.29 is 13.5 Å². The van der Waals surface area contributed by atoms with Crippen molar-refractivity contribution in [2.24, 2.45) is 17.3 Å². The Morgan fingerprint density at radius 2 is 2.21 bits per heavy atom. The molecule has 0 radical (unpaired) electrons. The van der Waals surface area contributed by atoms with Crippen LogP contribution in [0.15, 0.2) is 12.2 Å². The van der Waals surface area contributed by atoms with Crippen LogP contribution in [0, 0.1) is 17.3 Å². The highest BCUT2D eigenvalue weighted by Gasteiger charge is 2.56. The average molecular weight is 202 g/mol. The van der Waals surface area contributed by atoms with E-state index in [9.17, 15) is 8.78 Å². The molecule has 1 aliphatic carbocycles. The van der Waals surface area contributed by atoms with Gasteiger partial charge in [0.05, 0.1) is 13.2 Å². The van der Waals surface area contributed by atoms with Gasteiger partial charge < -0.3 is 4.74 Å². The van der Waals surface area contributed by atoms with Crippen LogP contribution < -0.4 is 0 Å². The van der Waals surface area contributed by atoms with Gasteiger partial charge in [0.15, 0.2) is 0 Å². The maximum atomic E-state index is 13.3. The Morgan fingerprint density at radius 3 is 2.64 bits per heavy atom. The summed E-state index contributed by atoms with van der Waals surface area (Å²) in [5.41, 5.74) is -0.0294. The molecule has 2 atom stereocenters. The first-order valence-electron chi connectivity index (χ1n) is 5.12. The number of alkyl halides is 2. The lowest BCUT2D eigenvalue weighted by Gasteiger charge is -2.16.